The van der Waals surface area contributed by atoms with Crippen molar-refractivity contribution in [2.45, 2.75) is 39.3 Å². The van der Waals surface area contributed by atoms with Crippen LogP contribution in [0.4, 0.5) is 0 Å². The van der Waals surface area contributed by atoms with Gasteiger partial charge in [0, 0.05) is 41.6 Å². The van der Waals surface area contributed by atoms with Crippen LogP contribution in [-0.2, 0) is 4.57 Å². The zero-order valence-electron chi connectivity index (χ0n) is 31.5. The summed E-state index contributed by atoms with van der Waals surface area (Å²) in [4.78, 5) is 0. The van der Waals surface area contributed by atoms with Crippen LogP contribution in [0.5, 0.6) is 0 Å². The van der Waals surface area contributed by atoms with Crippen molar-refractivity contribution in [3.8, 4) is 11.8 Å². The summed E-state index contributed by atoms with van der Waals surface area (Å²) in [5.41, 5.74) is 4.15. The average Bonchev–Trinajstić information content (AvgIpc) is 3.41. The van der Waals surface area contributed by atoms with Crippen LogP contribution in [0.1, 0.15) is 22.3 Å². The topological polar surface area (TPSA) is 17.1 Å². The van der Waals surface area contributed by atoms with Gasteiger partial charge in [0.1, 0.15) is 0 Å². The highest BCUT2D eigenvalue weighted by molar-refractivity contribution is 9.15. The minimum Gasteiger partial charge on any atom is -0.309 e. The Balaban J connectivity index is 0.000000175. The Kier molecular flexibility index (Phi) is 10.8. The van der Waals surface area contributed by atoms with Gasteiger partial charge in [-0.2, -0.15) is 0 Å². The lowest BCUT2D eigenvalue weighted by atomic mass is 10.1. The van der Waals surface area contributed by atoms with E-state index in [4.69, 9.17) is 0 Å². The molecule has 0 aliphatic carbocycles. The van der Waals surface area contributed by atoms with Crippen molar-refractivity contribution < 1.29 is 4.57 Å². The molecular weight excluding hydrogens is 839 g/mol. The molecule has 1 aliphatic heterocycles. The summed E-state index contributed by atoms with van der Waals surface area (Å²) in [6.45, 7) is 14.1. The van der Waals surface area contributed by atoms with Crippen molar-refractivity contribution >= 4 is 107 Å². The highest BCUT2D eigenvalue weighted by atomic mass is 79.9. The van der Waals surface area contributed by atoms with Crippen molar-refractivity contribution in [3.05, 3.63) is 178 Å². The molecule has 6 heteroatoms. The maximum atomic E-state index is 15.2. The summed E-state index contributed by atoms with van der Waals surface area (Å²) in [7, 11) is -5.71. The molecule has 0 spiro atoms. The summed E-state index contributed by atoms with van der Waals surface area (Å²) in [5.74, 6) is 6.57. The smallest absolute Gasteiger partial charge is 0.173 e. The molecule has 7 aromatic carbocycles. The van der Waals surface area contributed by atoms with E-state index in [-0.39, 0.29) is 0 Å². The first kappa shape index (κ1) is 38.3. The molecule has 1 nitrogen and oxygen atoms in total. The van der Waals surface area contributed by atoms with E-state index in [0.717, 1.165) is 57.9 Å². The van der Waals surface area contributed by atoms with Crippen molar-refractivity contribution in [2.75, 3.05) is 0 Å². The van der Waals surface area contributed by atoms with Gasteiger partial charge in [-0.3, -0.25) is 0 Å². The van der Waals surface area contributed by atoms with Crippen LogP contribution in [0.15, 0.2) is 156 Å². The first-order chi connectivity index (χ1) is 25.8. The third-order valence-electron chi connectivity index (χ3n) is 10.1. The van der Waals surface area contributed by atoms with Crippen molar-refractivity contribution in [1.82, 2.24) is 0 Å². The molecule has 0 N–H and O–H groups in total. The molecule has 1 unspecified atom stereocenters. The van der Waals surface area contributed by atoms with Crippen molar-refractivity contribution in [2.24, 2.45) is 0 Å². The minimum atomic E-state index is -3.06. The molecule has 0 saturated carbocycles. The summed E-state index contributed by atoms with van der Waals surface area (Å²) in [5, 5.41) is 10.2. The quantitative estimate of drug-likeness (QED) is 0.0978. The largest absolute Gasteiger partial charge is 0.309 e. The molecule has 0 bridgehead atoms. The lowest BCUT2D eigenvalue weighted by molar-refractivity contribution is 0.593. The highest BCUT2D eigenvalue weighted by Gasteiger charge is 2.43. The Labute approximate surface area is 339 Å². The molecule has 54 heavy (non-hydrogen) atoms. The number of rotatable bonds is 4. The average molecular weight is 883 g/mol. The first-order valence-electron chi connectivity index (χ1n) is 18.3. The summed E-state index contributed by atoms with van der Waals surface area (Å²) >= 11 is 7.57. The Bertz CT molecular complexity index is 2660. The molecule has 1 aliphatic rings. The number of hydrogen-bond donors (Lipinski definition) is 0. The number of hydrogen-bond acceptors (Lipinski definition) is 1. The van der Waals surface area contributed by atoms with Crippen LogP contribution in [0, 0.1) is 11.8 Å². The van der Waals surface area contributed by atoms with E-state index in [2.05, 4.69) is 192 Å². The van der Waals surface area contributed by atoms with E-state index < -0.39 is 23.3 Å². The van der Waals surface area contributed by atoms with E-state index in [9.17, 15) is 0 Å². The summed E-state index contributed by atoms with van der Waals surface area (Å²) in [6.07, 6.45) is 0. The predicted molar refractivity (Wildman–Crippen MR) is 249 cm³/mol. The predicted octanol–water partition coefficient (Wildman–Crippen LogP) is 12.5. The van der Waals surface area contributed by atoms with Crippen molar-refractivity contribution in [1.29, 1.82) is 0 Å². The third-order valence-corrected chi connectivity index (χ3v) is 19.4. The minimum absolute atomic E-state index is 0.881. The molecule has 268 valence electrons. The Morgan fingerprint density at radius 2 is 1.04 bits per heavy atom. The summed E-state index contributed by atoms with van der Waals surface area (Å²) < 4.78 is 17.2. The molecular formula is C48H43Br2OPSi2. The van der Waals surface area contributed by atoms with E-state index >= 15 is 4.57 Å². The molecule has 0 fully saturated rings. The van der Waals surface area contributed by atoms with E-state index in [1.807, 2.05) is 42.5 Å². The van der Waals surface area contributed by atoms with E-state index in [0.29, 0.717) is 0 Å². The lowest BCUT2D eigenvalue weighted by Crippen LogP contribution is -2.37. The fourth-order valence-electron chi connectivity index (χ4n) is 7.01. The maximum Gasteiger partial charge on any atom is 0.173 e. The van der Waals surface area contributed by atoms with Crippen molar-refractivity contribution in [3.63, 3.8) is 0 Å². The molecule has 7 aromatic rings. The highest BCUT2D eigenvalue weighted by Crippen LogP contribution is 2.66. The zero-order valence-corrected chi connectivity index (χ0v) is 37.6. The van der Waals surface area contributed by atoms with Crippen LogP contribution in [0.25, 0.3) is 31.3 Å². The number of fused-ring (bicyclic) bond motifs is 4. The third kappa shape index (κ3) is 7.48. The Hall–Kier alpha value is -4.02. The second-order valence-corrected chi connectivity index (χ2v) is 30.2. The molecule has 1 atom stereocenters. The Morgan fingerprint density at radius 3 is 1.65 bits per heavy atom. The molecule has 0 saturated heterocycles. The number of benzene rings is 7. The van der Waals surface area contributed by atoms with Gasteiger partial charge in [0.2, 0.25) is 0 Å². The van der Waals surface area contributed by atoms with Crippen LogP contribution < -0.4 is 21.0 Å². The Morgan fingerprint density at radius 1 is 0.519 bits per heavy atom. The molecule has 0 aromatic heterocycles. The van der Waals surface area contributed by atoms with Gasteiger partial charge in [-0.1, -0.05) is 195 Å². The van der Waals surface area contributed by atoms with Gasteiger partial charge in [-0.25, -0.2) is 0 Å². The van der Waals surface area contributed by atoms with Crippen LogP contribution in [0.3, 0.4) is 0 Å². The lowest BCUT2D eigenvalue weighted by Gasteiger charge is -2.22. The second-order valence-electron chi connectivity index (χ2n) is 15.8. The van der Waals surface area contributed by atoms with Gasteiger partial charge in [0.05, 0.1) is 16.1 Å². The maximum absolute atomic E-state index is 15.2. The second kappa shape index (κ2) is 15.3. The standard InChI is InChI=1S/C27H24BrOPSi.C21H19BrSi/c1-31(2,3)22-16-13-20(14-17-22)26-25(28)24-18-15-19-9-7-8-12-23(19)27(24)30(26,29)21-10-5-4-6-11-21;1-23(2,3)19-14-9-16(10-15-19)8-11-18-13-12-17-6-4-5-7-20(17)21(18)22/h4-18H,1-3H3;4-7,9-10,12-15H,1-3H3. The van der Waals surface area contributed by atoms with Gasteiger partial charge < -0.3 is 4.57 Å². The van der Waals surface area contributed by atoms with Gasteiger partial charge in [-0.05, 0) is 77.2 Å². The zero-order chi connectivity index (χ0) is 38.3. The molecule has 8 rings (SSSR count). The normalized spacial score (nSPS) is 15.3. The molecule has 0 radical (unpaired) electrons. The molecule has 1 heterocycles. The molecule has 0 amide bonds. The summed E-state index contributed by atoms with van der Waals surface area (Å²) in [6, 6.07) is 52.5. The van der Waals surface area contributed by atoms with Gasteiger partial charge in [0.15, 0.2) is 7.14 Å². The van der Waals surface area contributed by atoms with Gasteiger partial charge in [-0.15, -0.1) is 0 Å². The van der Waals surface area contributed by atoms with Crippen LogP contribution >= 0.6 is 39.0 Å². The monoisotopic (exact) mass is 880 g/mol. The fourth-order valence-corrected chi connectivity index (χ4v) is 14.7. The number of halogens is 2. The fraction of sp³-hybridized carbons (Fsp3) is 0.125. The first-order valence-corrected chi connectivity index (χ1v) is 28.6. The van der Waals surface area contributed by atoms with Crippen LogP contribution in [-0.4, -0.2) is 16.1 Å². The SMILES string of the molecule is C[Si](C)(C)c1ccc(C#Cc2ccc3ccccc3c2Br)cc1.C[Si](C)(C)c1ccc(C2=C(Br)c3ccc4ccccc4c3P2(=O)c2ccccc2)cc1. The van der Waals surface area contributed by atoms with E-state index in [1.165, 1.54) is 21.1 Å². The van der Waals surface area contributed by atoms with Crippen LogP contribution in [0.2, 0.25) is 39.3 Å². The van der Waals surface area contributed by atoms with E-state index in [1.54, 1.807) is 0 Å². The van der Waals surface area contributed by atoms with Gasteiger partial charge >= 0.3 is 0 Å². The van der Waals surface area contributed by atoms with Gasteiger partial charge in [0.25, 0.3) is 0 Å².